The van der Waals surface area contributed by atoms with Crippen LogP contribution in [0, 0.1) is 0 Å². The number of H-pyrrole nitrogens is 1. The number of imidazole rings is 1. The smallest absolute Gasteiger partial charge is 0.272 e. The Kier molecular flexibility index (Phi) is 7.19. The lowest BCUT2D eigenvalue weighted by Crippen LogP contribution is -2.31. The lowest BCUT2D eigenvalue weighted by Gasteiger charge is -2.15. The number of aromatic amines is 1. The van der Waals surface area contributed by atoms with Gasteiger partial charge in [0.05, 0.1) is 6.04 Å². The van der Waals surface area contributed by atoms with E-state index in [0.717, 1.165) is 28.0 Å². The Labute approximate surface area is 234 Å². The maximum atomic E-state index is 13.3. The fourth-order valence-electron chi connectivity index (χ4n) is 4.37. The summed E-state index contributed by atoms with van der Waals surface area (Å²) in [5.41, 5.74) is 5.01. The first-order valence-corrected chi connectivity index (χ1v) is 13.0. The highest BCUT2D eigenvalue weighted by Gasteiger charge is 2.22. The number of tetrazole rings is 1. The monoisotopic (exact) mass is 549 g/mol. The summed E-state index contributed by atoms with van der Waals surface area (Å²) >= 11 is 6.02. The van der Waals surface area contributed by atoms with Gasteiger partial charge >= 0.3 is 0 Å². The molecule has 1 atom stereocenters. The molecule has 0 saturated carbocycles. The molecule has 1 unspecified atom stereocenters. The van der Waals surface area contributed by atoms with Crippen LogP contribution < -0.4 is 10.1 Å². The quantitative estimate of drug-likeness (QED) is 0.248. The van der Waals surface area contributed by atoms with E-state index in [1.54, 1.807) is 6.20 Å². The van der Waals surface area contributed by atoms with Crippen molar-refractivity contribution in [3.8, 4) is 16.9 Å². The lowest BCUT2D eigenvalue weighted by molar-refractivity contribution is 0.0930. The molecule has 6 aromatic rings. The van der Waals surface area contributed by atoms with E-state index in [9.17, 15) is 4.79 Å². The molecule has 6 rings (SSSR count). The third-order valence-corrected chi connectivity index (χ3v) is 6.70. The van der Waals surface area contributed by atoms with Gasteiger partial charge in [0.15, 0.2) is 5.82 Å². The number of nitrogens with one attached hydrogen (secondary N) is 2. The molecule has 0 fully saturated rings. The summed E-state index contributed by atoms with van der Waals surface area (Å²) in [6.45, 7) is 0.488. The Bertz CT molecular complexity index is 1720. The van der Waals surface area contributed by atoms with Crippen molar-refractivity contribution >= 4 is 23.2 Å². The summed E-state index contributed by atoms with van der Waals surface area (Å²) in [6.07, 6.45) is 4.09. The Morgan fingerprint density at radius 2 is 1.68 bits per heavy atom. The molecule has 10 heteroatoms. The molecule has 0 bridgehead atoms. The minimum absolute atomic E-state index is 0.284. The first kappa shape index (κ1) is 25.3. The normalized spacial score (nSPS) is 11.8. The summed E-state index contributed by atoms with van der Waals surface area (Å²) in [7, 11) is 0. The van der Waals surface area contributed by atoms with Crippen LogP contribution in [0.2, 0.25) is 5.02 Å². The van der Waals surface area contributed by atoms with E-state index in [-0.39, 0.29) is 11.6 Å². The number of benzene rings is 3. The Morgan fingerprint density at radius 1 is 0.900 bits per heavy atom. The highest BCUT2D eigenvalue weighted by Crippen LogP contribution is 2.23. The predicted octanol–water partition coefficient (Wildman–Crippen LogP) is 5.46. The number of hydrogen-bond acceptors (Lipinski definition) is 6. The number of aromatic nitrogens is 6. The summed E-state index contributed by atoms with van der Waals surface area (Å²) in [5, 5.41) is 18.1. The summed E-state index contributed by atoms with van der Waals surface area (Å²) < 4.78 is 7.72. The van der Waals surface area contributed by atoms with Crippen molar-refractivity contribution in [2.24, 2.45) is 0 Å². The fourth-order valence-corrected chi connectivity index (χ4v) is 4.49. The average molecular weight is 550 g/mol. The molecule has 9 nitrogen and oxygen atoms in total. The topological polar surface area (TPSA) is 110 Å². The SMILES string of the molecule is O=C(NC(Cc1ccc(OCc2ccccc2)cc1)c1nn[nH]n1)c1cn2cc(-c3ccc(Cl)cc3)ccc2n1. The van der Waals surface area contributed by atoms with Gasteiger partial charge in [-0.15, -0.1) is 10.2 Å². The van der Waals surface area contributed by atoms with Gasteiger partial charge in [0.1, 0.15) is 23.7 Å². The number of nitrogens with zero attached hydrogens (tertiary/aromatic N) is 5. The van der Waals surface area contributed by atoms with E-state index in [1.807, 2.05) is 102 Å². The predicted molar refractivity (Wildman–Crippen MR) is 151 cm³/mol. The second kappa shape index (κ2) is 11.4. The minimum Gasteiger partial charge on any atom is -0.489 e. The summed E-state index contributed by atoms with van der Waals surface area (Å²) in [6, 6.07) is 28.6. The Balaban J connectivity index is 1.16. The maximum absolute atomic E-state index is 13.3. The van der Waals surface area contributed by atoms with Crippen molar-refractivity contribution in [1.29, 1.82) is 0 Å². The molecule has 0 spiro atoms. The zero-order valence-corrected chi connectivity index (χ0v) is 22.0. The van der Waals surface area contributed by atoms with Gasteiger partial charge in [-0.2, -0.15) is 5.21 Å². The first-order chi connectivity index (χ1) is 19.6. The maximum Gasteiger partial charge on any atom is 0.272 e. The van der Waals surface area contributed by atoms with Gasteiger partial charge in [0.25, 0.3) is 5.91 Å². The van der Waals surface area contributed by atoms with E-state index in [0.29, 0.717) is 29.5 Å². The number of carbonyl (C=O) groups excluding carboxylic acids is 1. The highest BCUT2D eigenvalue weighted by molar-refractivity contribution is 6.30. The molecule has 0 radical (unpaired) electrons. The van der Waals surface area contributed by atoms with Gasteiger partial charge in [-0.25, -0.2) is 4.98 Å². The zero-order chi connectivity index (χ0) is 27.3. The van der Waals surface area contributed by atoms with Crippen LogP contribution in [0.4, 0.5) is 0 Å². The molecule has 0 aliphatic carbocycles. The largest absolute Gasteiger partial charge is 0.489 e. The molecule has 0 aliphatic heterocycles. The third kappa shape index (κ3) is 5.84. The molecule has 3 aromatic heterocycles. The minimum atomic E-state index is -0.517. The van der Waals surface area contributed by atoms with E-state index in [1.165, 1.54) is 0 Å². The van der Waals surface area contributed by atoms with Crippen LogP contribution in [0.15, 0.2) is 103 Å². The van der Waals surface area contributed by atoms with Crippen LogP contribution in [0.1, 0.15) is 33.5 Å². The highest BCUT2D eigenvalue weighted by atomic mass is 35.5. The Morgan fingerprint density at radius 3 is 2.42 bits per heavy atom. The molecule has 1 amide bonds. The number of rotatable bonds is 9. The molecule has 198 valence electrons. The van der Waals surface area contributed by atoms with Crippen LogP contribution in [-0.2, 0) is 13.0 Å². The van der Waals surface area contributed by atoms with E-state index in [2.05, 4.69) is 30.9 Å². The summed E-state index contributed by atoms with van der Waals surface area (Å²) in [5.74, 6) is 0.802. The molecule has 0 aliphatic rings. The van der Waals surface area contributed by atoms with Gasteiger partial charge in [-0.05, 0) is 58.7 Å². The van der Waals surface area contributed by atoms with Crippen molar-refractivity contribution < 1.29 is 9.53 Å². The third-order valence-electron chi connectivity index (χ3n) is 6.45. The number of carbonyl (C=O) groups is 1. The van der Waals surface area contributed by atoms with E-state index in [4.69, 9.17) is 16.3 Å². The second-order valence-corrected chi connectivity index (χ2v) is 9.67. The number of ether oxygens (including phenoxy) is 1. The van der Waals surface area contributed by atoms with Gasteiger partial charge < -0.3 is 14.5 Å². The molecular weight excluding hydrogens is 526 g/mol. The lowest BCUT2D eigenvalue weighted by atomic mass is 10.0. The fraction of sp³-hybridized carbons (Fsp3) is 0.100. The standard InChI is InChI=1S/C30H24ClN7O2/c31-24-11-8-22(9-12-24)23-10-15-28-32-27(18-38(28)17-23)30(39)33-26(29-34-36-37-35-29)16-20-6-13-25(14-7-20)40-19-21-4-2-1-3-5-21/h1-15,17-18,26H,16,19H2,(H,33,39)(H,34,35,36,37). The average Bonchev–Trinajstić information content (AvgIpc) is 3.68. The first-order valence-electron chi connectivity index (χ1n) is 12.7. The second-order valence-electron chi connectivity index (χ2n) is 9.23. The molecule has 2 N–H and O–H groups in total. The van der Waals surface area contributed by atoms with Crippen molar-refractivity contribution in [3.63, 3.8) is 0 Å². The number of hydrogen-bond donors (Lipinski definition) is 2. The van der Waals surface area contributed by atoms with Gasteiger partial charge in [-0.3, -0.25) is 4.79 Å². The number of halogens is 1. The van der Waals surface area contributed by atoms with Gasteiger partial charge in [0, 0.05) is 23.8 Å². The van der Waals surface area contributed by atoms with Gasteiger partial charge in [-0.1, -0.05) is 71.4 Å². The molecule has 40 heavy (non-hydrogen) atoms. The van der Waals surface area contributed by atoms with Crippen molar-refractivity contribution in [2.75, 3.05) is 0 Å². The van der Waals surface area contributed by atoms with E-state index >= 15 is 0 Å². The molecular formula is C30H24ClN7O2. The number of fused-ring (bicyclic) bond motifs is 1. The van der Waals surface area contributed by atoms with Crippen LogP contribution in [0.3, 0.4) is 0 Å². The van der Waals surface area contributed by atoms with Crippen LogP contribution in [0.5, 0.6) is 5.75 Å². The zero-order valence-electron chi connectivity index (χ0n) is 21.2. The molecule has 0 saturated heterocycles. The van der Waals surface area contributed by atoms with Crippen LogP contribution in [-0.4, -0.2) is 35.9 Å². The Hall–Kier alpha value is -5.02. The number of amides is 1. The van der Waals surface area contributed by atoms with Crippen LogP contribution in [0.25, 0.3) is 16.8 Å². The van der Waals surface area contributed by atoms with Crippen molar-refractivity contribution in [1.82, 2.24) is 35.3 Å². The van der Waals surface area contributed by atoms with Crippen molar-refractivity contribution in [2.45, 2.75) is 19.1 Å². The molecule has 3 heterocycles. The van der Waals surface area contributed by atoms with Crippen LogP contribution >= 0.6 is 11.6 Å². The number of pyridine rings is 1. The summed E-state index contributed by atoms with van der Waals surface area (Å²) in [4.78, 5) is 17.8. The van der Waals surface area contributed by atoms with Gasteiger partial charge in [0.2, 0.25) is 0 Å². The van der Waals surface area contributed by atoms with E-state index < -0.39 is 6.04 Å². The molecule has 3 aromatic carbocycles. The van der Waals surface area contributed by atoms with Crippen molar-refractivity contribution in [3.05, 3.63) is 131 Å².